The third-order valence-corrected chi connectivity index (χ3v) is 9.20. The maximum Gasteiger partial charge on any atom is 0.404 e. The fraction of sp³-hybridized carbons (Fsp3) is 0.258. The number of esters is 1. The summed E-state index contributed by atoms with van der Waals surface area (Å²) < 4.78 is 10.6. The third-order valence-electron chi connectivity index (χ3n) is 7.19. The number of carbonyl (C=O) groups excluding carboxylic acids is 4. The summed E-state index contributed by atoms with van der Waals surface area (Å²) in [5, 5.41) is 17.1. The molecule has 2 atom stereocenters. The number of anilines is 1. The van der Waals surface area contributed by atoms with Crippen molar-refractivity contribution in [2.45, 2.75) is 37.0 Å². The molecular formula is C31H30N6O9S2. The highest BCUT2D eigenvalue weighted by atomic mass is 32.2. The first-order chi connectivity index (χ1) is 22.9. The van der Waals surface area contributed by atoms with Crippen molar-refractivity contribution in [3.63, 3.8) is 0 Å². The van der Waals surface area contributed by atoms with Gasteiger partial charge in [-0.05, 0) is 25.0 Å². The number of carboxylic acid groups (broad SMARTS) is 1. The van der Waals surface area contributed by atoms with E-state index in [0.29, 0.717) is 0 Å². The van der Waals surface area contributed by atoms with Crippen LogP contribution in [0, 0.1) is 0 Å². The van der Waals surface area contributed by atoms with Gasteiger partial charge in [0.25, 0.3) is 11.8 Å². The average molecular weight is 695 g/mol. The Morgan fingerprint density at radius 3 is 2.27 bits per heavy atom. The van der Waals surface area contributed by atoms with Crippen LogP contribution in [-0.2, 0) is 33.5 Å². The number of primary amides is 1. The number of benzene rings is 2. The largest absolute Gasteiger partial charge is 0.477 e. The van der Waals surface area contributed by atoms with Gasteiger partial charge in [0.05, 0.1) is 0 Å². The molecule has 1 fully saturated rings. The van der Waals surface area contributed by atoms with E-state index in [0.717, 1.165) is 39.1 Å². The van der Waals surface area contributed by atoms with E-state index in [4.69, 9.17) is 25.8 Å². The van der Waals surface area contributed by atoms with E-state index in [1.165, 1.54) is 19.2 Å². The van der Waals surface area contributed by atoms with Gasteiger partial charge in [-0.3, -0.25) is 14.5 Å². The van der Waals surface area contributed by atoms with E-state index < -0.39 is 59.6 Å². The van der Waals surface area contributed by atoms with Crippen LogP contribution in [0.1, 0.15) is 36.8 Å². The highest BCUT2D eigenvalue weighted by Gasteiger charge is 2.54. The molecule has 0 bridgehead atoms. The highest BCUT2D eigenvalue weighted by molar-refractivity contribution is 8.00. The molecule has 1 aromatic heterocycles. The number of nitrogens with one attached hydrogen (secondary N) is 1. The number of aliphatic carboxylic acids is 1. The van der Waals surface area contributed by atoms with Crippen molar-refractivity contribution < 1.29 is 43.4 Å². The smallest absolute Gasteiger partial charge is 0.404 e. The molecule has 2 aliphatic rings. The van der Waals surface area contributed by atoms with Gasteiger partial charge in [-0.25, -0.2) is 19.4 Å². The Hall–Kier alpha value is -5.42. The third kappa shape index (κ3) is 7.26. The quantitative estimate of drug-likeness (QED) is 0.0928. The molecule has 3 aromatic rings. The number of rotatable bonds is 12. The topological polar surface area (TPSA) is 226 Å². The Kier molecular flexibility index (Phi) is 10.00. The molecule has 2 aliphatic heterocycles. The van der Waals surface area contributed by atoms with Crippen LogP contribution in [0.25, 0.3) is 0 Å². The lowest BCUT2D eigenvalue weighted by atomic mass is 10.0. The second-order valence-electron chi connectivity index (χ2n) is 10.9. The lowest BCUT2D eigenvalue weighted by Crippen LogP contribution is -2.71. The Labute approximate surface area is 281 Å². The van der Waals surface area contributed by atoms with E-state index in [1.54, 1.807) is 0 Å². The minimum atomic E-state index is -1.71. The number of aromatic nitrogens is 1. The number of oxime groups is 1. The number of ether oxygens (including phenoxy) is 2. The van der Waals surface area contributed by atoms with Crippen LogP contribution in [-0.4, -0.2) is 79.9 Å². The number of nitrogen functional groups attached to an aromatic ring is 1. The summed E-state index contributed by atoms with van der Waals surface area (Å²) in [6, 6.07) is 17.1. The number of thioether (sulfide) groups is 1. The molecule has 0 saturated carbocycles. The summed E-state index contributed by atoms with van der Waals surface area (Å²) in [6.45, 7) is 2.43. The van der Waals surface area contributed by atoms with Crippen LogP contribution in [0.5, 0.6) is 0 Å². The molecule has 2 aromatic carbocycles. The van der Waals surface area contributed by atoms with Crippen LogP contribution >= 0.6 is 23.1 Å². The van der Waals surface area contributed by atoms with E-state index in [9.17, 15) is 29.1 Å². The normalized spacial score (nSPS) is 17.7. The summed E-state index contributed by atoms with van der Waals surface area (Å²) >= 11 is 2.18. The zero-order valence-corrected chi connectivity index (χ0v) is 27.2. The van der Waals surface area contributed by atoms with Crippen molar-refractivity contribution in [1.29, 1.82) is 0 Å². The van der Waals surface area contributed by atoms with Crippen molar-refractivity contribution in [3.8, 4) is 0 Å². The molecule has 3 heterocycles. The fourth-order valence-electron chi connectivity index (χ4n) is 4.79. The molecule has 1 saturated heterocycles. The number of carbonyl (C=O) groups is 5. The molecule has 15 nitrogen and oxygen atoms in total. The summed E-state index contributed by atoms with van der Waals surface area (Å²) in [5.41, 5.74) is 9.99. The number of fused-ring (bicyclic) bond motifs is 1. The molecule has 0 radical (unpaired) electrons. The molecular weight excluding hydrogens is 665 g/mol. The van der Waals surface area contributed by atoms with Crippen molar-refractivity contribution >= 4 is 63.8 Å². The average Bonchev–Trinajstić information content (AvgIpc) is 3.50. The SMILES string of the molecule is CC(C)(O/N=C(\C(=O)N[C@H]1C(=O)N2C(C(=O)O)=C(COC(N)=O)CS[C@@H]12)c1csc(N)n1)C(=O)OC(c1ccccc1)c1ccccc1. The number of nitrogens with zero attached hydrogens (tertiary/aromatic N) is 3. The molecule has 0 unspecified atom stereocenters. The molecule has 0 aliphatic carbocycles. The van der Waals surface area contributed by atoms with Gasteiger partial charge < -0.3 is 36.2 Å². The van der Waals surface area contributed by atoms with Crippen molar-refractivity contribution in [2.24, 2.45) is 10.9 Å². The van der Waals surface area contributed by atoms with E-state index in [2.05, 4.69) is 15.5 Å². The Balaban J connectivity index is 1.34. The maximum absolute atomic E-state index is 13.6. The molecule has 3 amide bonds. The van der Waals surface area contributed by atoms with E-state index >= 15 is 0 Å². The van der Waals surface area contributed by atoms with Crippen LogP contribution in [0.4, 0.5) is 9.93 Å². The van der Waals surface area contributed by atoms with Gasteiger partial charge in [-0.15, -0.1) is 23.1 Å². The standard InChI is InChI=1S/C31H30N6O9S2/c1-31(2,28(42)45-23(16-9-5-3-6-10-16)17-11-7-4-8-12-17)46-36-20(19-15-48-29(32)34-19)24(38)35-21-25(39)37-22(27(40)41)18(13-44-30(33)43)14-47-26(21)37/h3-12,15,21,23,26H,13-14H2,1-2H3,(H2,32,34)(H2,33,43)(H,35,38)(H,40,41)/b36-20-/t21-,26-/m0/s1. The Bertz CT molecular complexity index is 1760. The maximum atomic E-state index is 13.6. The van der Waals surface area contributed by atoms with Crippen molar-refractivity contribution in [2.75, 3.05) is 18.1 Å². The first-order valence-electron chi connectivity index (χ1n) is 14.3. The number of hydrogen-bond donors (Lipinski definition) is 4. The van der Waals surface area contributed by atoms with E-state index in [1.807, 2.05) is 60.7 Å². The lowest BCUT2D eigenvalue weighted by Gasteiger charge is -2.49. The second-order valence-corrected chi connectivity index (χ2v) is 12.9. The zero-order chi connectivity index (χ0) is 34.6. The zero-order valence-electron chi connectivity index (χ0n) is 25.5. The Morgan fingerprint density at radius 1 is 1.10 bits per heavy atom. The molecule has 6 N–H and O–H groups in total. The van der Waals surface area contributed by atoms with Crippen molar-refractivity contribution in [1.82, 2.24) is 15.2 Å². The monoisotopic (exact) mass is 694 g/mol. The number of amides is 3. The minimum absolute atomic E-state index is 0.0162. The summed E-state index contributed by atoms with van der Waals surface area (Å²) in [7, 11) is 0. The van der Waals surface area contributed by atoms with Gasteiger partial charge in [0.1, 0.15) is 29.4 Å². The predicted molar refractivity (Wildman–Crippen MR) is 174 cm³/mol. The van der Waals surface area contributed by atoms with Gasteiger partial charge in [-0.2, -0.15) is 0 Å². The fourth-order valence-corrected chi connectivity index (χ4v) is 6.67. The van der Waals surface area contributed by atoms with Crippen LogP contribution in [0.3, 0.4) is 0 Å². The van der Waals surface area contributed by atoms with E-state index in [-0.39, 0.29) is 33.6 Å². The number of nitrogens with two attached hydrogens (primary N) is 2. The van der Waals surface area contributed by atoms with Crippen LogP contribution in [0.15, 0.2) is 82.5 Å². The molecule has 17 heteroatoms. The van der Waals surface area contributed by atoms with Gasteiger partial charge in [0.2, 0.25) is 5.60 Å². The van der Waals surface area contributed by atoms with Crippen molar-refractivity contribution in [3.05, 3.63) is 94.1 Å². The first kappa shape index (κ1) is 33.9. The molecule has 5 rings (SSSR count). The molecule has 48 heavy (non-hydrogen) atoms. The first-order valence-corrected chi connectivity index (χ1v) is 16.2. The van der Waals surface area contributed by atoms with Gasteiger partial charge >= 0.3 is 18.0 Å². The number of β-lactam (4-membered cyclic amide) rings is 1. The number of carboxylic acids is 1. The molecule has 0 spiro atoms. The van der Waals surface area contributed by atoms with Gasteiger partial charge in [0, 0.05) is 16.7 Å². The Morgan fingerprint density at radius 2 is 1.73 bits per heavy atom. The number of hydrogen-bond acceptors (Lipinski definition) is 13. The predicted octanol–water partition coefficient (Wildman–Crippen LogP) is 2.39. The van der Waals surface area contributed by atoms with Crippen LogP contribution < -0.4 is 16.8 Å². The van der Waals surface area contributed by atoms with Gasteiger partial charge in [-0.1, -0.05) is 65.8 Å². The lowest BCUT2D eigenvalue weighted by molar-refractivity contribution is -0.172. The van der Waals surface area contributed by atoms with Crippen LogP contribution in [0.2, 0.25) is 0 Å². The van der Waals surface area contributed by atoms with Gasteiger partial charge in [0.15, 0.2) is 16.9 Å². The highest BCUT2D eigenvalue weighted by Crippen LogP contribution is 2.40. The second kappa shape index (κ2) is 14.1. The summed E-state index contributed by atoms with van der Waals surface area (Å²) in [5.74, 6) is -3.71. The summed E-state index contributed by atoms with van der Waals surface area (Å²) in [6.07, 6.45) is -1.86. The minimum Gasteiger partial charge on any atom is -0.477 e. The number of thiazole rings is 1. The summed E-state index contributed by atoms with van der Waals surface area (Å²) in [4.78, 5) is 74.0. The molecule has 250 valence electrons.